The molecule has 1 fully saturated rings. The molecule has 1 aliphatic heterocycles. The Morgan fingerprint density at radius 2 is 1.90 bits per heavy atom. The second-order valence-electron chi connectivity index (χ2n) is 5.00. The van der Waals surface area contributed by atoms with Crippen LogP contribution in [0.5, 0.6) is 0 Å². The third kappa shape index (κ3) is 4.00. The molecule has 2 rings (SSSR count). The lowest BCUT2D eigenvalue weighted by Crippen LogP contribution is -2.40. The van der Waals surface area contributed by atoms with E-state index in [1.54, 1.807) is 0 Å². The molecule has 1 aromatic rings. The number of halogens is 1. The number of hydrogen-bond acceptors (Lipinski definition) is 5. The molecule has 1 aromatic carbocycles. The highest BCUT2D eigenvalue weighted by Gasteiger charge is 2.27. The molecule has 0 aliphatic carbocycles. The molecule has 118 valence electrons. The van der Waals surface area contributed by atoms with Crippen LogP contribution in [-0.2, 0) is 26.4 Å². The van der Waals surface area contributed by atoms with Gasteiger partial charge in [-0.3, -0.25) is 0 Å². The van der Waals surface area contributed by atoms with Crippen LogP contribution >= 0.6 is 0 Å². The first kappa shape index (κ1) is 16.3. The highest BCUT2D eigenvalue weighted by atomic mass is 32.2. The van der Waals surface area contributed by atoms with Crippen molar-refractivity contribution in [1.82, 2.24) is 4.72 Å². The van der Waals surface area contributed by atoms with E-state index in [0.717, 1.165) is 12.1 Å². The van der Waals surface area contributed by atoms with Crippen LogP contribution in [-0.4, -0.2) is 34.4 Å². The topological polar surface area (TPSA) is 106 Å². The van der Waals surface area contributed by atoms with E-state index in [2.05, 4.69) is 4.72 Å². The lowest BCUT2D eigenvalue weighted by atomic mass is 10.2. The first-order valence-electron chi connectivity index (χ1n) is 6.45. The molecule has 0 bridgehead atoms. The van der Waals surface area contributed by atoms with Crippen molar-refractivity contribution in [1.29, 1.82) is 0 Å². The fraction of sp³-hybridized carbons (Fsp3) is 0.500. The summed E-state index contributed by atoms with van der Waals surface area (Å²) >= 11 is 0. The summed E-state index contributed by atoms with van der Waals surface area (Å²) in [5.74, 6) is -0.616. The first-order chi connectivity index (χ1) is 9.73. The molecule has 0 amide bonds. The van der Waals surface area contributed by atoms with E-state index in [1.165, 1.54) is 6.07 Å². The lowest BCUT2D eigenvalue weighted by Gasteiger charge is -2.23. The number of benzene rings is 1. The third-order valence-electron chi connectivity index (χ3n) is 3.42. The van der Waals surface area contributed by atoms with E-state index in [-0.39, 0.29) is 41.4 Å². The number of nitrogens with one attached hydrogen (secondary N) is 1. The number of sulfonamides is 1. The van der Waals surface area contributed by atoms with Crippen LogP contribution in [0.25, 0.3) is 0 Å². The monoisotopic (exact) mass is 336 g/mol. The summed E-state index contributed by atoms with van der Waals surface area (Å²) in [4.78, 5) is -0.0715. The van der Waals surface area contributed by atoms with Crippen molar-refractivity contribution in [3.05, 3.63) is 29.6 Å². The Kier molecular flexibility index (Phi) is 4.66. The van der Waals surface area contributed by atoms with Gasteiger partial charge in [0.25, 0.3) is 0 Å². The summed E-state index contributed by atoms with van der Waals surface area (Å²) in [5, 5.41) is 0. The molecule has 1 heterocycles. The first-order valence-corrected chi connectivity index (χ1v) is 9.75. The minimum Gasteiger partial charge on any atom is -0.326 e. The van der Waals surface area contributed by atoms with E-state index in [9.17, 15) is 21.2 Å². The summed E-state index contributed by atoms with van der Waals surface area (Å²) in [7, 11) is -6.87. The SMILES string of the molecule is NCc1cc(S(=O)(=O)NC2CCS(=O)(=O)CC2)ccc1F. The molecule has 21 heavy (non-hydrogen) atoms. The molecular formula is C12H17FN2O4S2. The maximum Gasteiger partial charge on any atom is 0.240 e. The van der Waals surface area contributed by atoms with Crippen molar-refractivity contribution < 1.29 is 21.2 Å². The highest BCUT2D eigenvalue weighted by molar-refractivity contribution is 7.91. The molecule has 0 unspecified atom stereocenters. The Balaban J connectivity index is 2.16. The van der Waals surface area contributed by atoms with Crippen LogP contribution in [0.2, 0.25) is 0 Å². The fourth-order valence-corrected chi connectivity index (χ4v) is 5.02. The van der Waals surface area contributed by atoms with Gasteiger partial charge in [-0.05, 0) is 31.0 Å². The van der Waals surface area contributed by atoms with Crippen molar-refractivity contribution in [2.45, 2.75) is 30.3 Å². The molecule has 9 heteroatoms. The predicted molar refractivity (Wildman–Crippen MR) is 76.3 cm³/mol. The Morgan fingerprint density at radius 1 is 1.29 bits per heavy atom. The lowest BCUT2D eigenvalue weighted by molar-refractivity contribution is 0.505. The van der Waals surface area contributed by atoms with Crippen molar-refractivity contribution in [2.75, 3.05) is 11.5 Å². The molecule has 3 N–H and O–H groups in total. The van der Waals surface area contributed by atoms with Crippen molar-refractivity contribution in [2.24, 2.45) is 5.73 Å². The smallest absolute Gasteiger partial charge is 0.240 e. The summed E-state index contributed by atoms with van der Waals surface area (Å²) in [6.45, 7) is -0.100. The normalized spacial score (nSPS) is 19.5. The van der Waals surface area contributed by atoms with Crippen molar-refractivity contribution in [3.8, 4) is 0 Å². The van der Waals surface area contributed by atoms with Gasteiger partial charge in [0.05, 0.1) is 16.4 Å². The number of nitrogens with two attached hydrogens (primary N) is 1. The molecule has 1 saturated heterocycles. The summed E-state index contributed by atoms with van der Waals surface area (Å²) in [6, 6.07) is 2.99. The Labute approximate surface area is 123 Å². The zero-order valence-corrected chi connectivity index (χ0v) is 12.9. The molecular weight excluding hydrogens is 319 g/mol. The van der Waals surface area contributed by atoms with Gasteiger partial charge in [0.1, 0.15) is 15.7 Å². The Bertz CT molecular complexity index is 718. The highest BCUT2D eigenvalue weighted by Crippen LogP contribution is 2.18. The largest absolute Gasteiger partial charge is 0.326 e. The summed E-state index contributed by atoms with van der Waals surface area (Å²) in [6.07, 6.45) is 0.485. The van der Waals surface area contributed by atoms with Crippen LogP contribution in [0.3, 0.4) is 0 Å². The molecule has 0 aromatic heterocycles. The molecule has 0 spiro atoms. The zero-order valence-electron chi connectivity index (χ0n) is 11.2. The minimum atomic E-state index is -3.81. The van der Waals surface area contributed by atoms with Gasteiger partial charge in [0, 0.05) is 18.2 Å². The molecule has 0 atom stereocenters. The van der Waals surface area contributed by atoms with E-state index < -0.39 is 31.7 Å². The van der Waals surface area contributed by atoms with Crippen molar-refractivity contribution in [3.63, 3.8) is 0 Å². The van der Waals surface area contributed by atoms with Gasteiger partial charge in [-0.25, -0.2) is 25.9 Å². The van der Waals surface area contributed by atoms with E-state index in [4.69, 9.17) is 5.73 Å². The van der Waals surface area contributed by atoms with Crippen LogP contribution in [0.15, 0.2) is 23.1 Å². The fourth-order valence-electron chi connectivity index (χ4n) is 2.17. The number of hydrogen-bond donors (Lipinski definition) is 2. The zero-order chi connectivity index (χ0) is 15.7. The maximum absolute atomic E-state index is 13.3. The van der Waals surface area contributed by atoms with Gasteiger partial charge in [0.2, 0.25) is 10.0 Å². The maximum atomic E-state index is 13.3. The van der Waals surface area contributed by atoms with Crippen LogP contribution in [0.4, 0.5) is 4.39 Å². The predicted octanol–water partition coefficient (Wildman–Crippen LogP) is 0.140. The standard InChI is InChI=1S/C12H17FN2O4S2/c13-12-2-1-11(7-9(12)8-14)21(18,19)15-10-3-5-20(16,17)6-4-10/h1-2,7,10,15H,3-6,8,14H2. The average Bonchev–Trinajstić information content (AvgIpc) is 2.41. The van der Waals surface area contributed by atoms with E-state index in [0.29, 0.717) is 0 Å². The van der Waals surface area contributed by atoms with Gasteiger partial charge in [-0.1, -0.05) is 0 Å². The second-order valence-corrected chi connectivity index (χ2v) is 9.02. The van der Waals surface area contributed by atoms with E-state index in [1.807, 2.05) is 0 Å². The van der Waals surface area contributed by atoms with E-state index >= 15 is 0 Å². The molecule has 0 saturated carbocycles. The van der Waals surface area contributed by atoms with Gasteiger partial charge < -0.3 is 5.73 Å². The molecule has 0 radical (unpaired) electrons. The molecule has 6 nitrogen and oxygen atoms in total. The quantitative estimate of drug-likeness (QED) is 0.813. The third-order valence-corrected chi connectivity index (χ3v) is 6.66. The Hall–Kier alpha value is -1.03. The van der Waals surface area contributed by atoms with Gasteiger partial charge in [-0.15, -0.1) is 0 Å². The summed E-state index contributed by atoms with van der Waals surface area (Å²) < 4.78 is 62.9. The second kappa shape index (κ2) is 5.99. The van der Waals surface area contributed by atoms with Crippen molar-refractivity contribution >= 4 is 19.9 Å². The summed E-state index contributed by atoms with van der Waals surface area (Å²) in [5.41, 5.74) is 5.47. The van der Waals surface area contributed by atoms with Gasteiger partial charge in [0.15, 0.2) is 0 Å². The van der Waals surface area contributed by atoms with Gasteiger partial charge >= 0.3 is 0 Å². The molecule has 1 aliphatic rings. The number of rotatable bonds is 4. The minimum absolute atomic E-state index is 0.0301. The number of sulfone groups is 1. The average molecular weight is 336 g/mol. The van der Waals surface area contributed by atoms with Crippen LogP contribution in [0.1, 0.15) is 18.4 Å². The Morgan fingerprint density at radius 3 is 2.48 bits per heavy atom. The van der Waals surface area contributed by atoms with Crippen LogP contribution in [0, 0.1) is 5.82 Å². The van der Waals surface area contributed by atoms with Gasteiger partial charge in [-0.2, -0.15) is 0 Å². The van der Waals surface area contributed by atoms with Crippen LogP contribution < -0.4 is 10.5 Å².